The van der Waals surface area contributed by atoms with Crippen LogP contribution in [-0.4, -0.2) is 5.91 Å². The van der Waals surface area contributed by atoms with Gasteiger partial charge >= 0.3 is 0 Å². The number of furan rings is 1. The molecule has 3 aromatic rings. The summed E-state index contributed by atoms with van der Waals surface area (Å²) in [5.41, 5.74) is 3.00. The largest absolute Gasteiger partial charge is 0.467 e. The van der Waals surface area contributed by atoms with E-state index in [1.54, 1.807) is 6.26 Å². The highest BCUT2D eigenvalue weighted by molar-refractivity contribution is 6.30. The Morgan fingerprint density at radius 2 is 1.89 bits per heavy atom. The Kier molecular flexibility index (Phi) is 5.79. The molecule has 4 nitrogen and oxygen atoms in total. The minimum absolute atomic E-state index is 0.102. The van der Waals surface area contributed by atoms with Crippen LogP contribution in [0.2, 0.25) is 5.02 Å². The van der Waals surface area contributed by atoms with Crippen LogP contribution in [0.4, 0.5) is 0 Å². The fraction of sp³-hybridized carbons (Fsp3) is 0.261. The number of hydrogen-bond acceptors (Lipinski definition) is 3. The average molecular weight is 395 g/mol. The Balaban J connectivity index is 1.38. The van der Waals surface area contributed by atoms with Crippen LogP contribution >= 0.6 is 11.6 Å². The molecular weight excluding hydrogens is 372 g/mol. The second-order valence-corrected chi connectivity index (χ2v) is 7.65. The maximum Gasteiger partial charge on any atom is 0.251 e. The Morgan fingerprint density at radius 1 is 1.07 bits per heavy atom. The molecule has 0 saturated heterocycles. The number of rotatable bonds is 8. The second kappa shape index (κ2) is 8.63. The first-order chi connectivity index (χ1) is 13.7. The van der Waals surface area contributed by atoms with Gasteiger partial charge in [0, 0.05) is 23.2 Å². The van der Waals surface area contributed by atoms with Gasteiger partial charge in [-0.15, -0.1) is 0 Å². The molecule has 1 fully saturated rings. The summed E-state index contributed by atoms with van der Waals surface area (Å²) in [4.78, 5) is 12.4. The van der Waals surface area contributed by atoms with Crippen LogP contribution in [-0.2, 0) is 13.1 Å². The molecular formula is C23H23ClN2O2. The van der Waals surface area contributed by atoms with Crippen LogP contribution in [0.3, 0.4) is 0 Å². The number of carbonyl (C=O) groups excluding carboxylic acids is 1. The van der Waals surface area contributed by atoms with Crippen molar-refractivity contribution in [2.45, 2.75) is 32.0 Å². The first-order valence-corrected chi connectivity index (χ1v) is 9.95. The van der Waals surface area contributed by atoms with Gasteiger partial charge in [0.1, 0.15) is 5.76 Å². The van der Waals surface area contributed by atoms with E-state index >= 15 is 0 Å². The zero-order valence-corrected chi connectivity index (χ0v) is 16.3. The molecule has 1 aromatic heterocycles. The molecule has 1 amide bonds. The third-order valence-electron chi connectivity index (χ3n) is 5.04. The van der Waals surface area contributed by atoms with Gasteiger partial charge in [-0.2, -0.15) is 0 Å². The van der Waals surface area contributed by atoms with Gasteiger partial charge in [0.15, 0.2) is 0 Å². The zero-order chi connectivity index (χ0) is 19.3. The third kappa shape index (κ3) is 4.83. The number of carbonyl (C=O) groups is 1. The molecule has 5 heteroatoms. The van der Waals surface area contributed by atoms with Crippen molar-refractivity contribution in [3.63, 3.8) is 0 Å². The second-order valence-electron chi connectivity index (χ2n) is 7.21. The summed E-state index contributed by atoms with van der Waals surface area (Å²) in [6, 6.07) is 19.8. The van der Waals surface area contributed by atoms with Crippen LogP contribution < -0.4 is 10.6 Å². The maximum absolute atomic E-state index is 12.4. The van der Waals surface area contributed by atoms with Crippen molar-refractivity contribution in [3.8, 4) is 0 Å². The summed E-state index contributed by atoms with van der Waals surface area (Å²) >= 11 is 6.03. The van der Waals surface area contributed by atoms with Gasteiger partial charge in [-0.05, 0) is 66.3 Å². The van der Waals surface area contributed by atoms with E-state index < -0.39 is 0 Å². The summed E-state index contributed by atoms with van der Waals surface area (Å²) in [6.45, 7) is 1.09. The highest BCUT2D eigenvalue weighted by Crippen LogP contribution is 2.41. The lowest BCUT2D eigenvalue weighted by Gasteiger charge is -2.19. The normalized spacial score (nSPS) is 14.6. The molecule has 0 radical (unpaired) electrons. The number of hydrogen-bond donors (Lipinski definition) is 2. The van der Waals surface area contributed by atoms with E-state index in [0.29, 0.717) is 30.6 Å². The van der Waals surface area contributed by atoms with Crippen molar-refractivity contribution in [1.82, 2.24) is 10.6 Å². The molecule has 1 aliphatic rings. The lowest BCUT2D eigenvalue weighted by molar-refractivity contribution is 0.0948. The molecule has 0 bridgehead atoms. The van der Waals surface area contributed by atoms with Crippen molar-refractivity contribution in [2.24, 2.45) is 5.92 Å². The topological polar surface area (TPSA) is 54.3 Å². The molecule has 0 spiro atoms. The number of nitrogens with one attached hydrogen (secondary N) is 2. The Hall–Kier alpha value is -2.56. The maximum atomic E-state index is 12.4. The fourth-order valence-electron chi connectivity index (χ4n) is 3.39. The van der Waals surface area contributed by atoms with Crippen LogP contribution in [0.5, 0.6) is 0 Å². The van der Waals surface area contributed by atoms with Gasteiger partial charge in [0.2, 0.25) is 0 Å². The standard InChI is InChI=1S/C23H23ClN2O2/c24-20-10-8-18(9-11-20)22(17-6-7-17)25-14-16-3-1-4-19(13-16)23(27)26-15-21-5-2-12-28-21/h1-5,8-13,17,22,25H,6-7,14-15H2,(H,26,27). The summed E-state index contributed by atoms with van der Waals surface area (Å²) in [5, 5.41) is 7.31. The van der Waals surface area contributed by atoms with Crippen molar-refractivity contribution in [1.29, 1.82) is 0 Å². The number of benzene rings is 2. The summed E-state index contributed by atoms with van der Waals surface area (Å²) in [7, 11) is 0. The van der Waals surface area contributed by atoms with Crippen LogP contribution in [0.15, 0.2) is 71.3 Å². The van der Waals surface area contributed by atoms with Gasteiger partial charge in [0.05, 0.1) is 12.8 Å². The molecule has 2 aromatic carbocycles. The predicted molar refractivity (Wildman–Crippen MR) is 110 cm³/mol. The van der Waals surface area contributed by atoms with Crippen molar-refractivity contribution in [2.75, 3.05) is 0 Å². The molecule has 2 N–H and O–H groups in total. The lowest BCUT2D eigenvalue weighted by atomic mass is 10.0. The smallest absolute Gasteiger partial charge is 0.251 e. The number of amides is 1. The van der Waals surface area contributed by atoms with Gasteiger partial charge in [-0.3, -0.25) is 4.79 Å². The van der Waals surface area contributed by atoms with Gasteiger partial charge in [0.25, 0.3) is 5.91 Å². The Labute approximate surface area is 169 Å². The summed E-state index contributed by atoms with van der Waals surface area (Å²) < 4.78 is 5.25. The van der Waals surface area contributed by atoms with E-state index in [-0.39, 0.29) is 5.91 Å². The van der Waals surface area contributed by atoms with Crippen molar-refractivity contribution < 1.29 is 9.21 Å². The fourth-order valence-corrected chi connectivity index (χ4v) is 3.52. The predicted octanol–water partition coefficient (Wildman–Crippen LogP) is 5.10. The van der Waals surface area contributed by atoms with Crippen LogP contribution in [0, 0.1) is 5.92 Å². The molecule has 1 saturated carbocycles. The zero-order valence-electron chi connectivity index (χ0n) is 15.5. The molecule has 4 rings (SSSR count). The van der Waals surface area contributed by atoms with E-state index in [0.717, 1.165) is 16.3 Å². The quantitative estimate of drug-likeness (QED) is 0.558. The highest BCUT2D eigenvalue weighted by Gasteiger charge is 2.31. The first-order valence-electron chi connectivity index (χ1n) is 9.57. The van der Waals surface area contributed by atoms with Gasteiger partial charge in [-0.1, -0.05) is 35.9 Å². The SMILES string of the molecule is O=C(NCc1ccco1)c1cccc(CNC(c2ccc(Cl)cc2)C2CC2)c1. The van der Waals surface area contributed by atoms with Gasteiger partial charge < -0.3 is 15.1 Å². The molecule has 1 atom stereocenters. The van der Waals surface area contributed by atoms with E-state index in [9.17, 15) is 4.79 Å². The van der Waals surface area contributed by atoms with E-state index in [1.807, 2.05) is 48.5 Å². The first kappa shape index (κ1) is 18.8. The number of halogens is 1. The molecule has 144 valence electrons. The van der Waals surface area contributed by atoms with Crippen LogP contribution in [0.25, 0.3) is 0 Å². The average Bonchev–Trinajstić information content (AvgIpc) is 3.42. The van der Waals surface area contributed by atoms with Crippen molar-refractivity contribution >= 4 is 17.5 Å². The molecule has 1 heterocycles. The van der Waals surface area contributed by atoms with E-state index in [2.05, 4.69) is 22.8 Å². The minimum atomic E-state index is -0.102. The highest BCUT2D eigenvalue weighted by atomic mass is 35.5. The monoisotopic (exact) mass is 394 g/mol. The lowest BCUT2D eigenvalue weighted by Crippen LogP contribution is -2.24. The van der Waals surface area contributed by atoms with Crippen LogP contribution in [0.1, 0.15) is 46.1 Å². The Bertz CT molecular complexity index is 918. The molecule has 0 aliphatic heterocycles. The molecule has 1 aliphatic carbocycles. The molecule has 1 unspecified atom stereocenters. The van der Waals surface area contributed by atoms with Gasteiger partial charge in [-0.25, -0.2) is 0 Å². The van der Waals surface area contributed by atoms with E-state index in [4.69, 9.17) is 16.0 Å². The summed E-state index contributed by atoms with van der Waals surface area (Å²) in [5.74, 6) is 1.30. The Morgan fingerprint density at radius 3 is 2.61 bits per heavy atom. The van der Waals surface area contributed by atoms with Crippen molar-refractivity contribution in [3.05, 3.63) is 94.4 Å². The summed E-state index contributed by atoms with van der Waals surface area (Å²) in [6.07, 6.45) is 4.09. The molecule has 28 heavy (non-hydrogen) atoms. The third-order valence-corrected chi connectivity index (χ3v) is 5.29. The van der Waals surface area contributed by atoms with E-state index in [1.165, 1.54) is 18.4 Å². The minimum Gasteiger partial charge on any atom is -0.467 e.